The zero-order valence-electron chi connectivity index (χ0n) is 12.1. The molecule has 2 bridgehead atoms. The fraction of sp³-hybridized carbons (Fsp3) is 0.312. The van der Waals surface area contributed by atoms with Crippen molar-refractivity contribution in [3.8, 4) is 23.5 Å². The zero-order chi connectivity index (χ0) is 17.2. The normalized spacial score (nSPS) is 21.8. The van der Waals surface area contributed by atoms with Crippen molar-refractivity contribution in [3.05, 3.63) is 40.5 Å². The summed E-state index contributed by atoms with van der Waals surface area (Å²) in [6, 6.07) is 4.52. The number of aromatic hydroxyl groups is 2. The molecule has 8 heteroatoms. The molecule has 2 unspecified atom stereocenters. The van der Waals surface area contributed by atoms with Crippen molar-refractivity contribution >= 4 is 0 Å². The van der Waals surface area contributed by atoms with E-state index in [1.807, 2.05) is 0 Å². The Morgan fingerprint density at radius 3 is 2.21 bits per heavy atom. The molecule has 1 saturated heterocycles. The lowest BCUT2D eigenvalue weighted by Crippen LogP contribution is -2.09. The predicted octanol–water partition coefficient (Wildman–Crippen LogP) is 3.69. The van der Waals surface area contributed by atoms with Crippen molar-refractivity contribution in [3.63, 3.8) is 0 Å². The van der Waals surface area contributed by atoms with Crippen LogP contribution < -0.4 is 0 Å². The molecular formula is C16H11F3N2O3. The molecule has 0 radical (unpaired) electrons. The van der Waals surface area contributed by atoms with Crippen molar-refractivity contribution in [2.45, 2.75) is 31.2 Å². The van der Waals surface area contributed by atoms with Crippen LogP contribution in [-0.2, 0) is 10.9 Å². The first-order valence-electron chi connectivity index (χ1n) is 7.26. The lowest BCUT2D eigenvalue weighted by molar-refractivity contribution is -0.137. The minimum Gasteiger partial charge on any atom is -0.494 e. The van der Waals surface area contributed by atoms with Crippen LogP contribution in [0.3, 0.4) is 0 Å². The molecule has 0 spiro atoms. The lowest BCUT2D eigenvalue weighted by Gasteiger charge is -2.14. The summed E-state index contributed by atoms with van der Waals surface area (Å²) in [6.07, 6.45) is -4.04. The summed E-state index contributed by atoms with van der Waals surface area (Å²) in [5, 5.41) is 29.7. The number of nitriles is 1. The average molecular weight is 336 g/mol. The molecule has 2 aliphatic rings. The molecule has 0 amide bonds. The van der Waals surface area contributed by atoms with Crippen LogP contribution in [-0.4, -0.2) is 14.8 Å². The quantitative estimate of drug-likeness (QED) is 0.832. The monoisotopic (exact) mass is 336 g/mol. The van der Waals surface area contributed by atoms with Crippen molar-refractivity contribution in [2.75, 3.05) is 0 Å². The molecule has 0 aliphatic carbocycles. The molecule has 1 aromatic carbocycles. The van der Waals surface area contributed by atoms with E-state index in [0.29, 0.717) is 24.0 Å². The third-order valence-corrected chi connectivity index (χ3v) is 4.55. The van der Waals surface area contributed by atoms with Crippen LogP contribution in [0.15, 0.2) is 18.2 Å². The minimum atomic E-state index is -4.72. The van der Waals surface area contributed by atoms with Crippen molar-refractivity contribution in [1.82, 2.24) is 4.57 Å². The first kappa shape index (κ1) is 14.9. The molecule has 4 rings (SSSR count). The maximum absolute atomic E-state index is 13.1. The molecule has 0 saturated carbocycles. The molecule has 2 aliphatic heterocycles. The van der Waals surface area contributed by atoms with Gasteiger partial charge in [0.15, 0.2) is 0 Å². The summed E-state index contributed by atoms with van der Waals surface area (Å²) in [7, 11) is 0. The predicted molar refractivity (Wildman–Crippen MR) is 74.6 cm³/mol. The van der Waals surface area contributed by atoms with E-state index < -0.39 is 17.3 Å². The Balaban J connectivity index is 1.92. The van der Waals surface area contributed by atoms with E-state index in [9.17, 15) is 23.4 Å². The van der Waals surface area contributed by atoms with Gasteiger partial charge in [-0.25, -0.2) is 0 Å². The number of aromatic nitrogens is 1. The number of hydrogen-bond acceptors (Lipinski definition) is 4. The van der Waals surface area contributed by atoms with E-state index in [1.54, 1.807) is 0 Å². The number of halogens is 3. The molecule has 5 nitrogen and oxygen atoms in total. The van der Waals surface area contributed by atoms with Crippen LogP contribution in [0.1, 0.15) is 47.3 Å². The van der Waals surface area contributed by atoms with Gasteiger partial charge in [0, 0.05) is 0 Å². The Bertz CT molecular complexity index is 862. The van der Waals surface area contributed by atoms with Gasteiger partial charge in [-0.15, -0.1) is 0 Å². The van der Waals surface area contributed by atoms with Crippen molar-refractivity contribution in [2.24, 2.45) is 0 Å². The number of ether oxygens (including phenoxy) is 1. The van der Waals surface area contributed by atoms with Gasteiger partial charge < -0.3 is 14.9 Å². The first-order chi connectivity index (χ1) is 11.3. The summed E-state index contributed by atoms with van der Waals surface area (Å²) in [5.41, 5.74) is -0.837. The van der Waals surface area contributed by atoms with Crippen molar-refractivity contribution in [1.29, 1.82) is 5.26 Å². The molecule has 2 N–H and O–H groups in total. The van der Waals surface area contributed by atoms with Gasteiger partial charge in [0.1, 0.15) is 0 Å². The SMILES string of the molecule is N#Cc1ccc(-n2c(O)c3c(c2O)C2CCC3O2)cc1C(F)(F)F. The average Bonchev–Trinajstić information content (AvgIpc) is 3.20. The smallest absolute Gasteiger partial charge is 0.417 e. The number of rotatable bonds is 1. The zero-order valence-corrected chi connectivity index (χ0v) is 12.1. The van der Waals surface area contributed by atoms with Gasteiger partial charge in [0.25, 0.3) is 0 Å². The summed E-state index contributed by atoms with van der Waals surface area (Å²) in [5.74, 6) is -0.653. The van der Waals surface area contributed by atoms with Crippen LogP contribution >= 0.6 is 0 Å². The van der Waals surface area contributed by atoms with E-state index in [0.717, 1.165) is 16.7 Å². The number of fused-ring (bicyclic) bond motifs is 5. The Hall–Kier alpha value is -2.66. The van der Waals surface area contributed by atoms with E-state index >= 15 is 0 Å². The Morgan fingerprint density at radius 2 is 1.71 bits per heavy atom. The number of hydrogen-bond donors (Lipinski definition) is 2. The molecule has 2 aromatic rings. The summed E-state index contributed by atoms with van der Waals surface area (Å²) < 4.78 is 45.9. The third kappa shape index (κ3) is 1.85. The topological polar surface area (TPSA) is 78.4 Å². The van der Waals surface area contributed by atoms with Crippen LogP contribution in [0.2, 0.25) is 0 Å². The van der Waals surface area contributed by atoms with E-state index in [2.05, 4.69) is 0 Å². The number of nitrogens with zero attached hydrogens (tertiary/aromatic N) is 2. The lowest BCUT2D eigenvalue weighted by atomic mass is 9.95. The van der Waals surface area contributed by atoms with Gasteiger partial charge in [-0.3, -0.25) is 4.57 Å². The van der Waals surface area contributed by atoms with Gasteiger partial charge in [0.05, 0.1) is 46.2 Å². The second kappa shape index (κ2) is 4.68. The van der Waals surface area contributed by atoms with Gasteiger partial charge in [-0.1, -0.05) is 0 Å². The fourth-order valence-electron chi connectivity index (χ4n) is 3.53. The van der Waals surface area contributed by atoms with E-state index in [1.165, 1.54) is 12.1 Å². The maximum atomic E-state index is 13.1. The molecule has 1 aromatic heterocycles. The van der Waals surface area contributed by atoms with E-state index in [-0.39, 0.29) is 29.7 Å². The summed E-state index contributed by atoms with van der Waals surface area (Å²) in [6.45, 7) is 0. The minimum absolute atomic E-state index is 0.0647. The van der Waals surface area contributed by atoms with Crippen LogP contribution in [0, 0.1) is 11.3 Å². The fourth-order valence-corrected chi connectivity index (χ4v) is 3.53. The van der Waals surface area contributed by atoms with Gasteiger partial charge in [0.2, 0.25) is 11.8 Å². The highest BCUT2D eigenvalue weighted by Crippen LogP contribution is 2.58. The highest BCUT2D eigenvalue weighted by Gasteiger charge is 2.45. The molecule has 3 heterocycles. The maximum Gasteiger partial charge on any atom is 0.417 e. The molecular weight excluding hydrogens is 325 g/mol. The van der Waals surface area contributed by atoms with Gasteiger partial charge in [-0.05, 0) is 31.0 Å². The van der Waals surface area contributed by atoms with Gasteiger partial charge in [-0.2, -0.15) is 18.4 Å². The number of alkyl halides is 3. The molecule has 124 valence electrons. The van der Waals surface area contributed by atoms with Crippen LogP contribution in [0.25, 0.3) is 5.69 Å². The number of benzene rings is 1. The van der Waals surface area contributed by atoms with Crippen LogP contribution in [0.5, 0.6) is 11.8 Å². The largest absolute Gasteiger partial charge is 0.494 e. The Labute approximate surface area is 134 Å². The highest BCUT2D eigenvalue weighted by atomic mass is 19.4. The Kier molecular flexibility index (Phi) is 2.90. The van der Waals surface area contributed by atoms with Gasteiger partial charge >= 0.3 is 6.18 Å². The van der Waals surface area contributed by atoms with Crippen LogP contribution in [0.4, 0.5) is 13.2 Å². The summed E-state index contributed by atoms with van der Waals surface area (Å²) in [4.78, 5) is 0. The van der Waals surface area contributed by atoms with E-state index in [4.69, 9.17) is 10.00 Å². The standard InChI is InChI=1S/C16H11F3N2O3/c17-16(18,19)9-5-8(2-1-7(9)6-20)21-14(22)12-10-3-4-11(24-10)13(12)15(21)23/h1-2,5,10-11,22-23H,3-4H2. The third-order valence-electron chi connectivity index (χ3n) is 4.55. The molecule has 2 atom stereocenters. The van der Waals surface area contributed by atoms with Crippen molar-refractivity contribution < 1.29 is 28.1 Å². The second-order valence-electron chi connectivity index (χ2n) is 5.84. The highest BCUT2D eigenvalue weighted by molar-refractivity contribution is 5.58. The molecule has 24 heavy (non-hydrogen) atoms. The summed E-state index contributed by atoms with van der Waals surface area (Å²) >= 11 is 0. The molecule has 1 fully saturated rings. The first-order valence-corrected chi connectivity index (χ1v) is 7.26. The second-order valence-corrected chi connectivity index (χ2v) is 5.84. The Morgan fingerprint density at radius 1 is 1.12 bits per heavy atom.